The van der Waals surface area contributed by atoms with Crippen molar-refractivity contribution in [2.24, 2.45) is 0 Å². The van der Waals surface area contributed by atoms with Crippen LogP contribution in [0.25, 0.3) is 0 Å². The summed E-state index contributed by atoms with van der Waals surface area (Å²) >= 11 is 0. The van der Waals surface area contributed by atoms with E-state index in [9.17, 15) is 0 Å². The molecule has 0 rings (SSSR count). The van der Waals surface area contributed by atoms with Crippen molar-refractivity contribution < 1.29 is 16.4 Å². The van der Waals surface area contributed by atoms with Crippen LogP contribution < -0.4 is 0 Å². The molecule has 0 aromatic heterocycles. The topological polar surface area (TPSA) is 94.5 Å². The molecule has 0 fully saturated rings. The summed E-state index contributed by atoms with van der Waals surface area (Å²) in [5.41, 5.74) is 0. The van der Waals surface area contributed by atoms with Crippen molar-refractivity contribution in [2.45, 2.75) is 0 Å². The van der Waals surface area contributed by atoms with E-state index in [1.165, 1.54) is 0 Å². The van der Waals surface area contributed by atoms with Gasteiger partial charge in [-0.25, -0.2) is 0 Å². The minimum Gasteiger partial charge on any atom is -0.412 e. The maximum absolute atomic E-state index is 0. The molecule has 0 unspecified atom stereocenters. The van der Waals surface area contributed by atoms with Crippen LogP contribution in [0.3, 0.4) is 0 Å². The monoisotopic (exact) mass is 174 g/mol. The Morgan fingerprint density at radius 1 is 0.286 bits per heavy atom. The first-order valence-corrected chi connectivity index (χ1v) is 0. The van der Waals surface area contributed by atoms with Crippen molar-refractivity contribution in [3.8, 4) is 0 Å². The third-order valence-electron chi connectivity index (χ3n) is 0. The molecule has 0 saturated carbocycles. The van der Waals surface area contributed by atoms with Gasteiger partial charge in [0.2, 0.25) is 0 Å². The number of hydrogen-bond acceptors (Lipinski definition) is 0. The lowest BCUT2D eigenvalue weighted by molar-refractivity contribution is 0.823. The highest BCUT2D eigenvalue weighted by Crippen LogP contribution is -0.287. The molecule has 0 aliphatic heterocycles. The van der Waals surface area contributed by atoms with Crippen LogP contribution in [0.15, 0.2) is 0 Å². The summed E-state index contributed by atoms with van der Waals surface area (Å²) in [7, 11) is 0. The van der Waals surface area contributed by atoms with Gasteiger partial charge in [-0.05, 0) is 0 Å². The molecular weight excluding hydrogens is 156 g/mol. The number of rotatable bonds is 0. The summed E-state index contributed by atoms with van der Waals surface area (Å²) < 4.78 is 0. The van der Waals surface area contributed by atoms with Gasteiger partial charge in [-0.15, -0.1) is 0 Å². The van der Waals surface area contributed by atoms with Crippen LogP contribution in [0, 0.1) is 0 Å². The van der Waals surface area contributed by atoms with Crippen LogP contribution in [-0.4, -0.2) is 85.9 Å². The highest BCUT2D eigenvalue weighted by Gasteiger charge is 0.190. The Morgan fingerprint density at radius 3 is 0.286 bits per heavy atom. The first-order valence-electron chi connectivity index (χ1n) is 0. The molecule has 0 aliphatic rings. The average molecular weight is 174 g/mol. The Hall–Kier alpha value is 2.01. The van der Waals surface area contributed by atoms with E-state index < -0.39 is 0 Å². The number of hydrogen-bond donors (Lipinski definition) is 0. The van der Waals surface area contributed by atoms with Gasteiger partial charge in [0.25, 0.3) is 0 Å². The van der Waals surface area contributed by atoms with Gasteiger partial charge in [-0.3, -0.25) is 0 Å². The van der Waals surface area contributed by atoms with Crippen molar-refractivity contribution in [3.05, 3.63) is 0 Å². The Morgan fingerprint density at radius 2 is 0.286 bits per heavy atom. The Kier molecular flexibility index (Phi) is 1990. The van der Waals surface area contributed by atoms with Crippen LogP contribution in [0.1, 0.15) is 0 Å². The van der Waals surface area contributed by atoms with E-state index in [1.807, 2.05) is 0 Å². The van der Waals surface area contributed by atoms with E-state index in [0.717, 1.165) is 0 Å². The summed E-state index contributed by atoms with van der Waals surface area (Å²) in [6.07, 6.45) is 0. The van der Waals surface area contributed by atoms with Crippen molar-refractivity contribution in [1.82, 2.24) is 0 Å². The molecule has 0 aromatic rings. The first-order chi connectivity index (χ1) is 0. The average Bonchev–Trinajstić information content (AvgIpc) is 0. The largest absolute Gasteiger partial charge is 0.412 e. The molecule has 3 nitrogen and oxygen atoms in total. The predicted molar refractivity (Wildman–Crippen MR) is 50.6 cm³/mol. The molecule has 0 saturated heterocycles. The molecular formula is H18Al4O3. The Balaban J connectivity index is 0. The molecule has 48 valence electrons. The Bertz CT molecular complexity index is 6.90. The molecule has 0 spiro atoms. The lowest BCUT2D eigenvalue weighted by Gasteiger charge is -0.413. The quantitative estimate of drug-likeness (QED) is 0.326. The van der Waals surface area contributed by atoms with E-state index in [-0.39, 0.29) is 85.9 Å². The van der Waals surface area contributed by atoms with E-state index in [2.05, 4.69) is 0 Å². The van der Waals surface area contributed by atoms with Gasteiger partial charge in [0, 0.05) is 0 Å². The SMILES string of the molecule is O.O.O.[AlH3].[AlH3].[AlH3].[AlH3]. The molecule has 0 atom stereocenters. The fourth-order valence-electron chi connectivity index (χ4n) is 0. The second kappa shape index (κ2) is 97.4. The Labute approximate surface area is 85.3 Å². The summed E-state index contributed by atoms with van der Waals surface area (Å²) in [6.45, 7) is 0. The third kappa shape index (κ3) is 71.6. The minimum atomic E-state index is 0. The van der Waals surface area contributed by atoms with Crippen molar-refractivity contribution in [2.75, 3.05) is 0 Å². The van der Waals surface area contributed by atoms with Gasteiger partial charge in [0.05, 0.1) is 0 Å². The second-order valence-electron chi connectivity index (χ2n) is 0. The molecule has 7 heteroatoms. The molecule has 0 radical (unpaired) electrons. The van der Waals surface area contributed by atoms with Crippen LogP contribution in [0.2, 0.25) is 0 Å². The van der Waals surface area contributed by atoms with Gasteiger partial charge in [-0.2, -0.15) is 0 Å². The lowest BCUT2D eigenvalue weighted by atomic mass is 16.0. The normalized spacial score (nSPS) is 0. The zero-order valence-corrected chi connectivity index (χ0v) is 1.50. The van der Waals surface area contributed by atoms with E-state index >= 15 is 0 Å². The molecule has 0 aromatic carbocycles. The van der Waals surface area contributed by atoms with Gasteiger partial charge in [0.15, 0.2) is 69.4 Å². The van der Waals surface area contributed by atoms with Crippen LogP contribution in [0.4, 0.5) is 0 Å². The standard InChI is InChI=1S/4Al.3H2O.12H/h;;;;3*1H2;;;;;;;;;;;;. The second-order valence-corrected chi connectivity index (χ2v) is 0. The zero-order chi connectivity index (χ0) is 0. The summed E-state index contributed by atoms with van der Waals surface area (Å²) in [5.74, 6) is 0. The highest BCUT2D eigenvalue weighted by molar-refractivity contribution is 5.76. The summed E-state index contributed by atoms with van der Waals surface area (Å²) in [6, 6.07) is 0. The van der Waals surface area contributed by atoms with Gasteiger partial charge < -0.3 is 16.4 Å². The molecule has 0 amide bonds. The van der Waals surface area contributed by atoms with Gasteiger partial charge >= 0.3 is 0 Å². The summed E-state index contributed by atoms with van der Waals surface area (Å²) in [5, 5.41) is 0. The summed E-state index contributed by atoms with van der Waals surface area (Å²) in [4.78, 5) is 0. The fraction of sp³-hybridized carbons (Fsp3) is 0. The maximum Gasteiger partial charge on any atom is 0.187 e. The van der Waals surface area contributed by atoms with Crippen molar-refractivity contribution >= 4 is 69.4 Å². The van der Waals surface area contributed by atoms with Crippen LogP contribution >= 0.6 is 0 Å². The zero-order valence-electron chi connectivity index (χ0n) is 1.50. The molecule has 0 aliphatic carbocycles. The molecule has 6 N–H and O–H groups in total. The van der Waals surface area contributed by atoms with E-state index in [4.69, 9.17) is 0 Å². The van der Waals surface area contributed by atoms with Crippen molar-refractivity contribution in [3.63, 3.8) is 0 Å². The van der Waals surface area contributed by atoms with Crippen LogP contribution in [0.5, 0.6) is 0 Å². The molecule has 0 bridgehead atoms. The fourth-order valence-corrected chi connectivity index (χ4v) is 0. The van der Waals surface area contributed by atoms with Crippen LogP contribution in [-0.2, 0) is 0 Å². The minimum absolute atomic E-state index is 0. The first kappa shape index (κ1) is 143. The highest BCUT2D eigenvalue weighted by atomic mass is 27.0. The van der Waals surface area contributed by atoms with Gasteiger partial charge in [-0.1, -0.05) is 0 Å². The lowest BCUT2D eigenvalue weighted by Crippen LogP contribution is -0.382. The van der Waals surface area contributed by atoms with E-state index in [0.29, 0.717) is 0 Å². The third-order valence-corrected chi connectivity index (χ3v) is 0. The smallest absolute Gasteiger partial charge is 0.187 e. The maximum atomic E-state index is 0. The molecule has 7 heavy (non-hydrogen) atoms. The van der Waals surface area contributed by atoms with Gasteiger partial charge in [0.1, 0.15) is 0 Å². The van der Waals surface area contributed by atoms with E-state index in [1.54, 1.807) is 0 Å². The predicted octanol–water partition coefficient (Wildman–Crippen LogP) is -7.21. The van der Waals surface area contributed by atoms with Crippen molar-refractivity contribution in [1.29, 1.82) is 0 Å². The molecule has 0 heterocycles.